The predicted octanol–water partition coefficient (Wildman–Crippen LogP) is 6.02. The van der Waals surface area contributed by atoms with Gasteiger partial charge in [-0.15, -0.1) is 0 Å². The molecule has 1 nitrogen and oxygen atoms in total. The molecule has 19 heavy (non-hydrogen) atoms. The number of hydrogen-bond donors (Lipinski definition) is 1. The highest BCUT2D eigenvalue weighted by atomic mass is 16.2. The summed E-state index contributed by atoms with van der Waals surface area (Å²) in [6.45, 7) is 2.57. The SMILES string of the molecule is CC/C=C/CCCCCCCCCCCCCCO. The van der Waals surface area contributed by atoms with Crippen molar-refractivity contribution in [1.29, 1.82) is 0 Å². The van der Waals surface area contributed by atoms with E-state index in [0.29, 0.717) is 6.61 Å². The van der Waals surface area contributed by atoms with Crippen LogP contribution in [0.2, 0.25) is 0 Å². The minimum Gasteiger partial charge on any atom is -0.396 e. The van der Waals surface area contributed by atoms with Gasteiger partial charge >= 0.3 is 0 Å². The van der Waals surface area contributed by atoms with Crippen LogP contribution in [0.5, 0.6) is 0 Å². The minimum absolute atomic E-state index is 0.369. The number of aliphatic hydroxyl groups excluding tert-OH is 1. The zero-order valence-corrected chi connectivity index (χ0v) is 13.2. The first-order chi connectivity index (χ1) is 9.41. The number of aliphatic hydroxyl groups is 1. The summed E-state index contributed by atoms with van der Waals surface area (Å²) in [7, 11) is 0. The highest BCUT2D eigenvalue weighted by Gasteiger charge is 1.93. The Balaban J connectivity index is 2.93. The zero-order chi connectivity index (χ0) is 14.0. The molecular formula is C18H36O. The van der Waals surface area contributed by atoms with Gasteiger partial charge in [0.25, 0.3) is 0 Å². The van der Waals surface area contributed by atoms with Crippen LogP contribution >= 0.6 is 0 Å². The van der Waals surface area contributed by atoms with Gasteiger partial charge in [0, 0.05) is 6.61 Å². The first-order valence-electron chi connectivity index (χ1n) is 8.67. The molecule has 0 saturated heterocycles. The fourth-order valence-electron chi connectivity index (χ4n) is 2.43. The second-order valence-corrected chi connectivity index (χ2v) is 5.63. The van der Waals surface area contributed by atoms with Crippen LogP contribution in [-0.4, -0.2) is 11.7 Å². The lowest BCUT2D eigenvalue weighted by Crippen LogP contribution is -1.84. The van der Waals surface area contributed by atoms with Crippen LogP contribution in [0.25, 0.3) is 0 Å². The van der Waals surface area contributed by atoms with E-state index in [0.717, 1.165) is 6.42 Å². The van der Waals surface area contributed by atoms with E-state index in [-0.39, 0.29) is 0 Å². The van der Waals surface area contributed by atoms with Crippen molar-refractivity contribution in [3.63, 3.8) is 0 Å². The molecular weight excluding hydrogens is 232 g/mol. The van der Waals surface area contributed by atoms with Crippen molar-refractivity contribution in [2.24, 2.45) is 0 Å². The molecule has 0 saturated carbocycles. The van der Waals surface area contributed by atoms with E-state index >= 15 is 0 Å². The van der Waals surface area contributed by atoms with Gasteiger partial charge in [-0.1, -0.05) is 83.3 Å². The average Bonchev–Trinajstić information content (AvgIpc) is 2.43. The normalized spacial score (nSPS) is 11.5. The lowest BCUT2D eigenvalue weighted by atomic mass is 10.0. The highest BCUT2D eigenvalue weighted by molar-refractivity contribution is 4.79. The summed E-state index contributed by atoms with van der Waals surface area (Å²) in [6, 6.07) is 0. The van der Waals surface area contributed by atoms with Crippen molar-refractivity contribution < 1.29 is 5.11 Å². The number of rotatable bonds is 15. The van der Waals surface area contributed by atoms with Gasteiger partial charge < -0.3 is 5.11 Å². The molecule has 0 rings (SSSR count). The molecule has 0 atom stereocenters. The number of allylic oxidation sites excluding steroid dienone is 2. The third kappa shape index (κ3) is 17.7. The van der Waals surface area contributed by atoms with Gasteiger partial charge in [-0.05, 0) is 25.7 Å². The molecule has 0 radical (unpaired) electrons. The quantitative estimate of drug-likeness (QED) is 0.284. The zero-order valence-electron chi connectivity index (χ0n) is 13.2. The van der Waals surface area contributed by atoms with Crippen LogP contribution in [0, 0.1) is 0 Å². The Morgan fingerprint density at radius 1 is 0.579 bits per heavy atom. The fourth-order valence-corrected chi connectivity index (χ4v) is 2.43. The van der Waals surface area contributed by atoms with Crippen LogP contribution in [-0.2, 0) is 0 Å². The molecule has 0 aliphatic rings. The maximum atomic E-state index is 8.67. The lowest BCUT2D eigenvalue weighted by Gasteiger charge is -2.02. The fraction of sp³-hybridized carbons (Fsp3) is 0.889. The molecule has 0 unspecified atom stereocenters. The maximum absolute atomic E-state index is 8.67. The van der Waals surface area contributed by atoms with E-state index in [1.54, 1.807) is 0 Å². The van der Waals surface area contributed by atoms with Gasteiger partial charge in [-0.2, -0.15) is 0 Å². The van der Waals surface area contributed by atoms with Gasteiger partial charge in [-0.25, -0.2) is 0 Å². The molecule has 1 heteroatoms. The van der Waals surface area contributed by atoms with Gasteiger partial charge in [0.2, 0.25) is 0 Å². The summed E-state index contributed by atoms with van der Waals surface area (Å²) in [5, 5.41) is 8.67. The number of hydrogen-bond acceptors (Lipinski definition) is 1. The van der Waals surface area contributed by atoms with Crippen molar-refractivity contribution in [3.8, 4) is 0 Å². The molecule has 0 bridgehead atoms. The largest absolute Gasteiger partial charge is 0.396 e. The van der Waals surface area contributed by atoms with Crippen LogP contribution in [0.1, 0.15) is 96.8 Å². The lowest BCUT2D eigenvalue weighted by molar-refractivity contribution is 0.282. The Morgan fingerprint density at radius 2 is 1.00 bits per heavy atom. The minimum atomic E-state index is 0.369. The molecule has 0 heterocycles. The number of unbranched alkanes of at least 4 members (excludes halogenated alkanes) is 12. The van der Waals surface area contributed by atoms with E-state index in [1.807, 2.05) is 0 Å². The molecule has 0 aliphatic carbocycles. The van der Waals surface area contributed by atoms with Crippen molar-refractivity contribution in [3.05, 3.63) is 12.2 Å². The monoisotopic (exact) mass is 268 g/mol. The van der Waals surface area contributed by atoms with Crippen molar-refractivity contribution in [2.45, 2.75) is 96.8 Å². The predicted molar refractivity (Wildman–Crippen MR) is 86.5 cm³/mol. The van der Waals surface area contributed by atoms with Gasteiger partial charge in [0.15, 0.2) is 0 Å². The van der Waals surface area contributed by atoms with Crippen LogP contribution < -0.4 is 0 Å². The van der Waals surface area contributed by atoms with Crippen molar-refractivity contribution >= 4 is 0 Å². The van der Waals surface area contributed by atoms with Crippen LogP contribution in [0.4, 0.5) is 0 Å². The summed E-state index contributed by atoms with van der Waals surface area (Å²) < 4.78 is 0. The smallest absolute Gasteiger partial charge is 0.0431 e. The third-order valence-corrected chi connectivity index (χ3v) is 3.68. The first kappa shape index (κ1) is 18.7. The van der Waals surface area contributed by atoms with E-state index in [4.69, 9.17) is 5.11 Å². The Labute approximate surface area is 121 Å². The topological polar surface area (TPSA) is 20.2 Å². The summed E-state index contributed by atoms with van der Waals surface area (Å²) >= 11 is 0. The molecule has 114 valence electrons. The summed E-state index contributed by atoms with van der Waals surface area (Å²) in [4.78, 5) is 0. The van der Waals surface area contributed by atoms with E-state index in [2.05, 4.69) is 19.1 Å². The molecule has 0 fully saturated rings. The van der Waals surface area contributed by atoms with Crippen LogP contribution in [0.3, 0.4) is 0 Å². The summed E-state index contributed by atoms with van der Waals surface area (Å²) in [5.74, 6) is 0. The molecule has 0 aliphatic heterocycles. The molecule has 0 amide bonds. The standard InChI is InChI=1S/C18H36O/c1-2-3-4-5-6-7-8-9-10-11-12-13-14-15-16-17-18-19/h3-4,19H,2,5-18H2,1H3/b4-3+. The van der Waals surface area contributed by atoms with Crippen molar-refractivity contribution in [1.82, 2.24) is 0 Å². The van der Waals surface area contributed by atoms with Gasteiger partial charge in [0.05, 0.1) is 0 Å². The summed E-state index contributed by atoms with van der Waals surface area (Å²) in [5.41, 5.74) is 0. The first-order valence-corrected chi connectivity index (χ1v) is 8.67. The second-order valence-electron chi connectivity index (χ2n) is 5.63. The molecule has 0 aromatic carbocycles. The van der Waals surface area contributed by atoms with E-state index < -0.39 is 0 Å². The van der Waals surface area contributed by atoms with Gasteiger partial charge in [-0.3, -0.25) is 0 Å². The van der Waals surface area contributed by atoms with Crippen LogP contribution in [0.15, 0.2) is 12.2 Å². The average molecular weight is 268 g/mol. The Morgan fingerprint density at radius 3 is 1.42 bits per heavy atom. The molecule has 0 spiro atoms. The van der Waals surface area contributed by atoms with Gasteiger partial charge in [0.1, 0.15) is 0 Å². The third-order valence-electron chi connectivity index (χ3n) is 3.68. The molecule has 0 aromatic rings. The maximum Gasteiger partial charge on any atom is 0.0431 e. The molecule has 1 N–H and O–H groups in total. The second kappa shape index (κ2) is 17.7. The molecule has 0 aromatic heterocycles. The Kier molecular flexibility index (Phi) is 17.4. The van der Waals surface area contributed by atoms with E-state index in [9.17, 15) is 0 Å². The summed E-state index contributed by atoms with van der Waals surface area (Å²) in [6.07, 6.45) is 23.3. The Hall–Kier alpha value is -0.300. The van der Waals surface area contributed by atoms with E-state index in [1.165, 1.54) is 83.5 Å². The highest BCUT2D eigenvalue weighted by Crippen LogP contribution is 2.12. The van der Waals surface area contributed by atoms with Crippen molar-refractivity contribution in [2.75, 3.05) is 6.61 Å². The Bertz CT molecular complexity index is 175.